The summed E-state index contributed by atoms with van der Waals surface area (Å²) in [6, 6.07) is 23.5. The van der Waals surface area contributed by atoms with Crippen molar-refractivity contribution in [2.24, 2.45) is 0 Å². The number of para-hydroxylation sites is 1. The molecule has 1 aliphatic rings. The number of nitrogens with one attached hydrogen (secondary N) is 2. The fourth-order valence-corrected chi connectivity index (χ4v) is 3.18. The number of benzene rings is 3. The number of amides is 1. The molecule has 1 heterocycles. The van der Waals surface area contributed by atoms with Crippen LogP contribution < -0.4 is 20.1 Å². The van der Waals surface area contributed by atoms with Gasteiger partial charge in [0.15, 0.2) is 11.5 Å². The summed E-state index contributed by atoms with van der Waals surface area (Å²) < 4.78 is 11.2. The highest BCUT2D eigenvalue weighted by Crippen LogP contribution is 2.34. The molecule has 0 spiro atoms. The van der Waals surface area contributed by atoms with E-state index in [1.807, 2.05) is 42.5 Å². The monoisotopic (exact) mass is 374 g/mol. The van der Waals surface area contributed by atoms with Crippen molar-refractivity contribution in [3.8, 4) is 11.5 Å². The van der Waals surface area contributed by atoms with Crippen LogP contribution in [0.3, 0.4) is 0 Å². The second-order valence-electron chi connectivity index (χ2n) is 6.64. The summed E-state index contributed by atoms with van der Waals surface area (Å²) in [6.07, 6.45) is 0. The Labute approximate surface area is 164 Å². The molecule has 0 saturated carbocycles. The minimum Gasteiger partial charge on any atom is -0.486 e. The van der Waals surface area contributed by atoms with E-state index in [2.05, 4.69) is 29.7 Å². The summed E-state index contributed by atoms with van der Waals surface area (Å²) in [5, 5.41) is 6.38. The zero-order valence-electron chi connectivity index (χ0n) is 15.6. The first-order valence-electron chi connectivity index (χ1n) is 9.32. The van der Waals surface area contributed by atoms with E-state index in [1.165, 1.54) is 5.56 Å². The molecule has 2 N–H and O–H groups in total. The Bertz CT molecular complexity index is 955. The Hall–Kier alpha value is -3.47. The number of rotatable bonds is 5. The number of hydrogen-bond acceptors (Lipinski definition) is 4. The minimum absolute atomic E-state index is 0.189. The van der Waals surface area contributed by atoms with Gasteiger partial charge in [-0.15, -0.1) is 0 Å². The van der Waals surface area contributed by atoms with E-state index in [0.29, 0.717) is 30.3 Å². The number of anilines is 2. The first kappa shape index (κ1) is 17.9. The van der Waals surface area contributed by atoms with Gasteiger partial charge in [-0.1, -0.05) is 36.4 Å². The van der Waals surface area contributed by atoms with Gasteiger partial charge in [-0.3, -0.25) is 4.79 Å². The highest BCUT2D eigenvalue weighted by molar-refractivity contribution is 6.06. The largest absolute Gasteiger partial charge is 0.486 e. The Morgan fingerprint density at radius 1 is 0.857 bits per heavy atom. The van der Waals surface area contributed by atoms with Crippen LogP contribution in [0.1, 0.15) is 28.9 Å². The molecule has 1 aliphatic heterocycles. The Morgan fingerprint density at radius 3 is 2.36 bits per heavy atom. The summed E-state index contributed by atoms with van der Waals surface area (Å²) >= 11 is 0. The smallest absolute Gasteiger partial charge is 0.259 e. The van der Waals surface area contributed by atoms with Crippen LogP contribution in [0.25, 0.3) is 0 Å². The summed E-state index contributed by atoms with van der Waals surface area (Å²) in [7, 11) is 0. The molecule has 0 aliphatic carbocycles. The Kier molecular flexibility index (Phi) is 5.15. The minimum atomic E-state index is -0.222. The van der Waals surface area contributed by atoms with E-state index < -0.39 is 0 Å². The normalized spacial score (nSPS) is 13.5. The van der Waals surface area contributed by atoms with Crippen molar-refractivity contribution < 1.29 is 14.3 Å². The molecular formula is C23H22N2O3. The topological polar surface area (TPSA) is 59.6 Å². The van der Waals surface area contributed by atoms with Crippen molar-refractivity contribution in [2.75, 3.05) is 23.8 Å². The van der Waals surface area contributed by atoms with Crippen molar-refractivity contribution >= 4 is 17.3 Å². The first-order valence-corrected chi connectivity index (χ1v) is 9.32. The average Bonchev–Trinajstić information content (AvgIpc) is 2.75. The second kappa shape index (κ2) is 8.05. The van der Waals surface area contributed by atoms with Gasteiger partial charge in [-0.2, -0.15) is 0 Å². The third kappa shape index (κ3) is 3.93. The van der Waals surface area contributed by atoms with Crippen molar-refractivity contribution in [1.82, 2.24) is 0 Å². The van der Waals surface area contributed by atoms with Gasteiger partial charge in [0.1, 0.15) is 13.2 Å². The van der Waals surface area contributed by atoms with Gasteiger partial charge in [0.05, 0.1) is 5.56 Å². The molecule has 0 fully saturated rings. The van der Waals surface area contributed by atoms with Crippen molar-refractivity contribution in [3.63, 3.8) is 0 Å². The molecule has 0 saturated heterocycles. The quantitative estimate of drug-likeness (QED) is 0.668. The van der Waals surface area contributed by atoms with Crippen molar-refractivity contribution in [2.45, 2.75) is 13.0 Å². The van der Waals surface area contributed by atoms with Crippen LogP contribution in [-0.4, -0.2) is 19.1 Å². The lowest BCUT2D eigenvalue weighted by atomic mass is 10.1. The molecule has 0 aromatic heterocycles. The molecule has 5 heteroatoms. The number of hydrogen-bond donors (Lipinski definition) is 2. The molecule has 4 rings (SSSR count). The highest BCUT2D eigenvalue weighted by atomic mass is 16.6. The Balaban J connectivity index is 1.43. The third-order valence-electron chi connectivity index (χ3n) is 4.64. The van der Waals surface area contributed by atoms with Crippen LogP contribution in [-0.2, 0) is 0 Å². The maximum absolute atomic E-state index is 12.7. The number of carbonyl (C=O) groups is 1. The van der Waals surface area contributed by atoms with Crippen LogP contribution in [0.5, 0.6) is 11.5 Å². The average molecular weight is 374 g/mol. The molecular weight excluding hydrogens is 352 g/mol. The van der Waals surface area contributed by atoms with E-state index in [1.54, 1.807) is 18.2 Å². The van der Waals surface area contributed by atoms with E-state index in [-0.39, 0.29) is 11.9 Å². The standard InChI is InChI=1S/C23H22N2O3/c1-16(17-6-3-2-4-7-17)24-18-10-12-19(13-11-18)25-23(26)20-8-5-9-21-22(20)28-15-14-27-21/h2-13,16,24H,14-15H2,1H3,(H,25,26). The fraction of sp³-hybridized carbons (Fsp3) is 0.174. The van der Waals surface area contributed by atoms with E-state index >= 15 is 0 Å². The summed E-state index contributed by atoms with van der Waals surface area (Å²) in [5.41, 5.74) is 3.40. The van der Waals surface area contributed by atoms with Crippen LogP contribution in [0, 0.1) is 0 Å². The zero-order valence-corrected chi connectivity index (χ0v) is 15.6. The van der Waals surface area contributed by atoms with Crippen LogP contribution in [0.4, 0.5) is 11.4 Å². The van der Waals surface area contributed by atoms with Gasteiger partial charge >= 0.3 is 0 Å². The van der Waals surface area contributed by atoms with Crippen molar-refractivity contribution in [3.05, 3.63) is 83.9 Å². The van der Waals surface area contributed by atoms with Gasteiger partial charge in [0.2, 0.25) is 0 Å². The van der Waals surface area contributed by atoms with Gasteiger partial charge in [0, 0.05) is 17.4 Å². The summed E-state index contributed by atoms with van der Waals surface area (Å²) in [6.45, 7) is 3.05. The van der Waals surface area contributed by atoms with E-state index in [0.717, 1.165) is 11.4 Å². The van der Waals surface area contributed by atoms with E-state index in [9.17, 15) is 4.79 Å². The summed E-state index contributed by atoms with van der Waals surface area (Å²) in [4.78, 5) is 12.7. The SMILES string of the molecule is CC(Nc1ccc(NC(=O)c2cccc3c2OCCO3)cc1)c1ccccc1. The lowest BCUT2D eigenvalue weighted by Gasteiger charge is -2.20. The second-order valence-corrected chi connectivity index (χ2v) is 6.64. The third-order valence-corrected chi connectivity index (χ3v) is 4.64. The first-order chi connectivity index (χ1) is 13.7. The van der Waals surface area contributed by atoms with Gasteiger partial charge in [0.25, 0.3) is 5.91 Å². The predicted octanol–water partition coefficient (Wildman–Crippen LogP) is 4.88. The van der Waals surface area contributed by atoms with E-state index in [4.69, 9.17) is 9.47 Å². The number of ether oxygens (including phenoxy) is 2. The number of carbonyl (C=O) groups excluding carboxylic acids is 1. The molecule has 1 atom stereocenters. The van der Waals surface area contributed by atoms with Gasteiger partial charge in [-0.05, 0) is 48.9 Å². The van der Waals surface area contributed by atoms with Crippen molar-refractivity contribution in [1.29, 1.82) is 0 Å². The molecule has 3 aromatic rings. The predicted molar refractivity (Wildman–Crippen MR) is 110 cm³/mol. The number of fused-ring (bicyclic) bond motifs is 1. The molecule has 142 valence electrons. The maximum atomic E-state index is 12.7. The molecule has 5 nitrogen and oxygen atoms in total. The molecule has 0 radical (unpaired) electrons. The Morgan fingerprint density at radius 2 is 1.57 bits per heavy atom. The highest BCUT2D eigenvalue weighted by Gasteiger charge is 2.20. The molecule has 1 amide bonds. The molecule has 3 aromatic carbocycles. The van der Waals surface area contributed by atoms with Crippen LogP contribution >= 0.6 is 0 Å². The summed E-state index contributed by atoms with van der Waals surface area (Å²) in [5.74, 6) is 0.885. The zero-order chi connectivity index (χ0) is 19.3. The lowest BCUT2D eigenvalue weighted by Crippen LogP contribution is -2.20. The molecule has 0 bridgehead atoms. The van der Waals surface area contributed by atoms with Gasteiger partial charge in [-0.25, -0.2) is 0 Å². The van der Waals surface area contributed by atoms with Crippen LogP contribution in [0.2, 0.25) is 0 Å². The lowest BCUT2D eigenvalue weighted by molar-refractivity contribution is 0.101. The molecule has 28 heavy (non-hydrogen) atoms. The fourth-order valence-electron chi connectivity index (χ4n) is 3.18. The molecule has 1 unspecified atom stereocenters. The van der Waals surface area contributed by atoms with Gasteiger partial charge < -0.3 is 20.1 Å². The van der Waals surface area contributed by atoms with Crippen LogP contribution in [0.15, 0.2) is 72.8 Å². The maximum Gasteiger partial charge on any atom is 0.259 e.